The van der Waals surface area contributed by atoms with Crippen molar-refractivity contribution < 1.29 is 9.53 Å². The van der Waals surface area contributed by atoms with Crippen molar-refractivity contribution in [1.82, 2.24) is 9.97 Å². The minimum Gasteiger partial charge on any atom is -0.481 e. The number of ether oxygens (including phenoxy) is 1. The number of nitrogens with one attached hydrogen (secondary N) is 1. The molecule has 2 heterocycles. The van der Waals surface area contributed by atoms with E-state index in [1.165, 1.54) is 0 Å². The van der Waals surface area contributed by atoms with Crippen molar-refractivity contribution in [1.29, 1.82) is 0 Å². The first kappa shape index (κ1) is 17.9. The fourth-order valence-corrected chi connectivity index (χ4v) is 2.72. The maximum absolute atomic E-state index is 12.9. The van der Waals surface area contributed by atoms with Crippen LogP contribution >= 0.6 is 11.6 Å². The summed E-state index contributed by atoms with van der Waals surface area (Å²) in [7, 11) is 1.55. The van der Waals surface area contributed by atoms with Gasteiger partial charge in [-0.05, 0) is 35.9 Å². The second kappa shape index (κ2) is 8.45. The van der Waals surface area contributed by atoms with E-state index in [0.717, 1.165) is 11.3 Å². The number of aromatic nitrogens is 2. The number of rotatable bonds is 6. The average Bonchev–Trinajstić information content (AvgIpc) is 2.68. The molecule has 0 saturated carbocycles. The number of benzene rings is 1. The van der Waals surface area contributed by atoms with Crippen LogP contribution in [0, 0.1) is 0 Å². The molecule has 26 heavy (non-hydrogen) atoms. The minimum absolute atomic E-state index is 0.134. The van der Waals surface area contributed by atoms with E-state index in [0.29, 0.717) is 23.0 Å². The molecule has 0 saturated heterocycles. The number of methoxy groups -OCH3 is 1. The summed E-state index contributed by atoms with van der Waals surface area (Å²) in [6.45, 7) is 0. The van der Waals surface area contributed by atoms with Crippen LogP contribution in [0.2, 0.25) is 5.02 Å². The number of hydrogen-bond acceptors (Lipinski definition) is 4. The molecule has 1 atom stereocenters. The van der Waals surface area contributed by atoms with E-state index >= 15 is 0 Å². The number of hydrogen-bond donors (Lipinski definition) is 1. The molecule has 0 aliphatic heterocycles. The second-order valence-corrected chi connectivity index (χ2v) is 6.14. The number of halogens is 1. The highest BCUT2D eigenvalue weighted by atomic mass is 35.5. The largest absolute Gasteiger partial charge is 0.481 e. The van der Waals surface area contributed by atoms with Gasteiger partial charge in [-0.25, -0.2) is 4.98 Å². The molecule has 0 spiro atoms. The molecule has 3 aromatic rings. The first-order valence-electron chi connectivity index (χ1n) is 8.12. The first-order chi connectivity index (χ1) is 12.7. The summed E-state index contributed by atoms with van der Waals surface area (Å²) < 4.78 is 5.04. The Balaban J connectivity index is 1.83. The standard InChI is InChI=1S/C20H18ClN3O2/c1-26-19-10-9-17(13-23-19)24-20(25)18(12-16-4-2-3-11-22-16)14-5-7-15(21)8-6-14/h2-11,13,18H,12H2,1H3,(H,24,25). The molecule has 132 valence electrons. The Kier molecular flexibility index (Phi) is 5.81. The number of carbonyl (C=O) groups excluding carboxylic acids is 1. The predicted molar refractivity (Wildman–Crippen MR) is 102 cm³/mol. The van der Waals surface area contributed by atoms with Crippen LogP contribution in [0.1, 0.15) is 17.2 Å². The zero-order valence-corrected chi connectivity index (χ0v) is 15.0. The van der Waals surface area contributed by atoms with E-state index in [2.05, 4.69) is 15.3 Å². The van der Waals surface area contributed by atoms with E-state index < -0.39 is 5.92 Å². The minimum atomic E-state index is -0.399. The third-order valence-electron chi connectivity index (χ3n) is 3.94. The molecule has 5 nitrogen and oxygen atoms in total. The summed E-state index contributed by atoms with van der Waals surface area (Å²) in [5, 5.41) is 3.54. The third-order valence-corrected chi connectivity index (χ3v) is 4.19. The lowest BCUT2D eigenvalue weighted by molar-refractivity contribution is -0.117. The molecular formula is C20H18ClN3O2. The summed E-state index contributed by atoms with van der Waals surface area (Å²) in [4.78, 5) is 21.4. The molecule has 0 radical (unpaired) electrons. The van der Waals surface area contributed by atoms with Gasteiger partial charge >= 0.3 is 0 Å². The monoisotopic (exact) mass is 367 g/mol. The van der Waals surface area contributed by atoms with Crippen molar-refractivity contribution in [2.45, 2.75) is 12.3 Å². The summed E-state index contributed by atoms with van der Waals surface area (Å²) >= 11 is 5.98. The van der Waals surface area contributed by atoms with E-state index in [1.54, 1.807) is 43.8 Å². The lowest BCUT2D eigenvalue weighted by Gasteiger charge is -2.17. The zero-order valence-electron chi connectivity index (χ0n) is 14.2. The van der Waals surface area contributed by atoms with Gasteiger partial charge < -0.3 is 10.1 Å². The Morgan fingerprint density at radius 1 is 1.12 bits per heavy atom. The first-order valence-corrected chi connectivity index (χ1v) is 8.50. The van der Waals surface area contributed by atoms with Crippen LogP contribution in [0.25, 0.3) is 0 Å². The summed E-state index contributed by atoms with van der Waals surface area (Å²) in [5.41, 5.74) is 2.32. The van der Waals surface area contributed by atoms with Gasteiger partial charge in [-0.3, -0.25) is 9.78 Å². The molecule has 1 aromatic carbocycles. The van der Waals surface area contributed by atoms with E-state index in [1.807, 2.05) is 30.3 Å². The highest BCUT2D eigenvalue weighted by Crippen LogP contribution is 2.24. The number of pyridine rings is 2. The van der Waals surface area contributed by atoms with Crippen LogP contribution in [0.5, 0.6) is 5.88 Å². The highest BCUT2D eigenvalue weighted by Gasteiger charge is 2.22. The molecule has 6 heteroatoms. The number of amides is 1. The third kappa shape index (κ3) is 4.58. The van der Waals surface area contributed by atoms with Gasteiger partial charge in [0, 0.05) is 29.4 Å². The molecule has 0 fully saturated rings. The predicted octanol–water partition coefficient (Wildman–Crippen LogP) is 4.10. The fraction of sp³-hybridized carbons (Fsp3) is 0.150. The molecule has 0 aliphatic carbocycles. The van der Waals surface area contributed by atoms with Crippen molar-refractivity contribution in [3.63, 3.8) is 0 Å². The van der Waals surface area contributed by atoms with Gasteiger partial charge in [0.1, 0.15) is 0 Å². The smallest absolute Gasteiger partial charge is 0.232 e. The Morgan fingerprint density at radius 2 is 1.92 bits per heavy atom. The Morgan fingerprint density at radius 3 is 2.54 bits per heavy atom. The van der Waals surface area contributed by atoms with Crippen molar-refractivity contribution in [3.8, 4) is 5.88 Å². The van der Waals surface area contributed by atoms with Crippen LogP contribution in [0.15, 0.2) is 67.0 Å². The molecule has 2 aromatic heterocycles. The number of carbonyl (C=O) groups is 1. The maximum atomic E-state index is 12.9. The van der Waals surface area contributed by atoms with Crippen LogP contribution < -0.4 is 10.1 Å². The lowest BCUT2D eigenvalue weighted by Crippen LogP contribution is -2.23. The van der Waals surface area contributed by atoms with Crippen molar-refractivity contribution in [2.75, 3.05) is 12.4 Å². The topological polar surface area (TPSA) is 64.1 Å². The van der Waals surface area contributed by atoms with Crippen LogP contribution in [0.4, 0.5) is 5.69 Å². The average molecular weight is 368 g/mol. The lowest BCUT2D eigenvalue weighted by atomic mass is 9.93. The van der Waals surface area contributed by atoms with Gasteiger partial charge in [-0.1, -0.05) is 29.8 Å². The van der Waals surface area contributed by atoms with Gasteiger partial charge in [0.25, 0.3) is 0 Å². The molecule has 3 rings (SSSR count). The highest BCUT2D eigenvalue weighted by molar-refractivity contribution is 6.30. The maximum Gasteiger partial charge on any atom is 0.232 e. The number of anilines is 1. The van der Waals surface area contributed by atoms with Crippen LogP contribution in [0.3, 0.4) is 0 Å². The van der Waals surface area contributed by atoms with Crippen molar-refractivity contribution in [3.05, 3.63) is 83.3 Å². The molecule has 1 unspecified atom stereocenters. The van der Waals surface area contributed by atoms with E-state index in [-0.39, 0.29) is 5.91 Å². The fourth-order valence-electron chi connectivity index (χ4n) is 2.59. The second-order valence-electron chi connectivity index (χ2n) is 5.71. The van der Waals surface area contributed by atoms with Gasteiger partial charge in [-0.15, -0.1) is 0 Å². The van der Waals surface area contributed by atoms with Crippen molar-refractivity contribution >= 4 is 23.2 Å². The van der Waals surface area contributed by atoms with E-state index in [4.69, 9.17) is 16.3 Å². The molecule has 0 bridgehead atoms. The zero-order chi connectivity index (χ0) is 18.4. The normalized spacial score (nSPS) is 11.6. The van der Waals surface area contributed by atoms with Gasteiger partial charge in [0.05, 0.1) is 24.9 Å². The van der Waals surface area contributed by atoms with Crippen LogP contribution in [-0.2, 0) is 11.2 Å². The van der Waals surface area contributed by atoms with Crippen LogP contribution in [-0.4, -0.2) is 23.0 Å². The molecular weight excluding hydrogens is 350 g/mol. The number of nitrogens with zero attached hydrogens (tertiary/aromatic N) is 2. The van der Waals surface area contributed by atoms with E-state index in [9.17, 15) is 4.79 Å². The quantitative estimate of drug-likeness (QED) is 0.712. The Bertz CT molecular complexity index is 852. The van der Waals surface area contributed by atoms with Gasteiger partial charge in [0.15, 0.2) is 0 Å². The van der Waals surface area contributed by atoms with Gasteiger partial charge in [0.2, 0.25) is 11.8 Å². The molecule has 1 amide bonds. The summed E-state index contributed by atoms with van der Waals surface area (Å²) in [6, 6.07) is 16.4. The summed E-state index contributed by atoms with van der Waals surface area (Å²) in [6.07, 6.45) is 3.77. The van der Waals surface area contributed by atoms with Gasteiger partial charge in [-0.2, -0.15) is 0 Å². The molecule has 0 aliphatic rings. The summed E-state index contributed by atoms with van der Waals surface area (Å²) in [5.74, 6) is -0.0417. The molecule has 1 N–H and O–H groups in total. The Hall–Kier alpha value is -2.92. The Labute approximate surface area is 157 Å². The van der Waals surface area contributed by atoms with Crippen molar-refractivity contribution in [2.24, 2.45) is 0 Å². The SMILES string of the molecule is COc1ccc(NC(=O)C(Cc2ccccn2)c2ccc(Cl)cc2)cn1.